The fraction of sp³-hybridized carbons (Fsp3) is 0. The van der Waals surface area contributed by atoms with Gasteiger partial charge in [0.05, 0.1) is 5.02 Å². The molecule has 0 saturated carbocycles. The van der Waals surface area contributed by atoms with Crippen LogP contribution >= 0.6 is 23.8 Å². The Hall–Kier alpha value is -1.98. The lowest BCUT2D eigenvalue weighted by Crippen LogP contribution is -2.14. The van der Waals surface area contributed by atoms with Crippen molar-refractivity contribution in [1.29, 1.82) is 0 Å². The van der Waals surface area contributed by atoms with E-state index in [4.69, 9.17) is 29.6 Å². The van der Waals surface area contributed by atoms with Crippen LogP contribution < -0.4 is 11.1 Å². The molecule has 20 heavy (non-hydrogen) atoms. The zero-order valence-corrected chi connectivity index (χ0v) is 11.8. The van der Waals surface area contributed by atoms with Crippen LogP contribution in [-0.2, 0) is 0 Å². The minimum Gasteiger partial charge on any atom is -0.389 e. The third kappa shape index (κ3) is 3.31. The molecule has 0 fully saturated rings. The summed E-state index contributed by atoms with van der Waals surface area (Å²) in [5, 5.41) is 2.56. The second-order valence-corrected chi connectivity index (χ2v) is 4.88. The van der Waals surface area contributed by atoms with Crippen LogP contribution in [0.15, 0.2) is 42.5 Å². The molecule has 2 rings (SSSR count). The van der Waals surface area contributed by atoms with Crippen molar-refractivity contribution >= 4 is 40.4 Å². The van der Waals surface area contributed by atoms with Crippen LogP contribution in [-0.4, -0.2) is 10.9 Å². The van der Waals surface area contributed by atoms with Crippen LogP contribution in [0, 0.1) is 5.82 Å². The molecule has 0 bridgehead atoms. The van der Waals surface area contributed by atoms with Crippen molar-refractivity contribution in [3.05, 3.63) is 64.4 Å². The fourth-order valence-corrected chi connectivity index (χ4v) is 1.90. The van der Waals surface area contributed by atoms with E-state index >= 15 is 0 Å². The first-order valence-electron chi connectivity index (χ1n) is 5.63. The predicted octanol–water partition coefficient (Wildman–Crippen LogP) is 3.37. The molecule has 0 unspecified atom stereocenters. The summed E-state index contributed by atoms with van der Waals surface area (Å²) in [6.45, 7) is 0. The molecule has 3 nitrogen and oxygen atoms in total. The van der Waals surface area contributed by atoms with Crippen LogP contribution in [0.4, 0.5) is 10.1 Å². The average molecular weight is 309 g/mol. The van der Waals surface area contributed by atoms with E-state index in [0.29, 0.717) is 11.3 Å². The number of carbonyl (C=O) groups is 1. The van der Waals surface area contributed by atoms with E-state index in [1.165, 1.54) is 12.1 Å². The summed E-state index contributed by atoms with van der Waals surface area (Å²) in [6, 6.07) is 10.6. The molecular weight excluding hydrogens is 299 g/mol. The van der Waals surface area contributed by atoms with Gasteiger partial charge in [-0.25, -0.2) is 4.39 Å². The van der Waals surface area contributed by atoms with Gasteiger partial charge in [-0.15, -0.1) is 0 Å². The molecule has 0 saturated heterocycles. The topological polar surface area (TPSA) is 55.1 Å². The summed E-state index contributed by atoms with van der Waals surface area (Å²) in [7, 11) is 0. The summed E-state index contributed by atoms with van der Waals surface area (Å²) >= 11 is 10.5. The van der Waals surface area contributed by atoms with E-state index in [-0.39, 0.29) is 15.6 Å². The molecule has 0 radical (unpaired) electrons. The maximum absolute atomic E-state index is 13.0. The molecule has 0 atom stereocenters. The van der Waals surface area contributed by atoms with Crippen LogP contribution in [0.2, 0.25) is 5.02 Å². The van der Waals surface area contributed by atoms with Gasteiger partial charge >= 0.3 is 0 Å². The van der Waals surface area contributed by atoms with Crippen LogP contribution in [0.25, 0.3) is 0 Å². The van der Waals surface area contributed by atoms with Gasteiger partial charge in [-0.1, -0.05) is 36.0 Å². The maximum Gasteiger partial charge on any atom is 0.255 e. The van der Waals surface area contributed by atoms with Crippen molar-refractivity contribution in [3.8, 4) is 0 Å². The van der Waals surface area contributed by atoms with Crippen molar-refractivity contribution < 1.29 is 9.18 Å². The van der Waals surface area contributed by atoms with Crippen LogP contribution in [0.5, 0.6) is 0 Å². The molecule has 0 aliphatic rings. The normalized spacial score (nSPS) is 10.1. The van der Waals surface area contributed by atoms with Crippen LogP contribution in [0.3, 0.4) is 0 Å². The van der Waals surface area contributed by atoms with Crippen molar-refractivity contribution in [2.45, 2.75) is 0 Å². The van der Waals surface area contributed by atoms with Gasteiger partial charge < -0.3 is 11.1 Å². The predicted molar refractivity (Wildman–Crippen MR) is 81.7 cm³/mol. The number of benzene rings is 2. The third-order valence-electron chi connectivity index (χ3n) is 2.59. The molecule has 2 aromatic carbocycles. The molecule has 0 aliphatic carbocycles. The van der Waals surface area contributed by atoms with Crippen LogP contribution in [0.1, 0.15) is 15.9 Å². The van der Waals surface area contributed by atoms with Gasteiger partial charge in [-0.2, -0.15) is 0 Å². The van der Waals surface area contributed by atoms with E-state index in [9.17, 15) is 9.18 Å². The highest BCUT2D eigenvalue weighted by molar-refractivity contribution is 7.80. The minimum atomic E-state index is -0.571. The summed E-state index contributed by atoms with van der Waals surface area (Å²) < 4.78 is 13.0. The van der Waals surface area contributed by atoms with Gasteiger partial charge in [0.1, 0.15) is 10.8 Å². The highest BCUT2D eigenvalue weighted by Crippen LogP contribution is 2.18. The largest absolute Gasteiger partial charge is 0.389 e. The van der Waals surface area contributed by atoms with Gasteiger partial charge in [0.2, 0.25) is 0 Å². The van der Waals surface area contributed by atoms with Crippen molar-refractivity contribution in [2.75, 3.05) is 5.32 Å². The van der Waals surface area contributed by atoms with Crippen molar-refractivity contribution in [2.24, 2.45) is 5.73 Å². The molecule has 3 N–H and O–H groups in total. The molecule has 0 aromatic heterocycles. The van der Waals surface area contributed by atoms with Gasteiger partial charge in [-0.3, -0.25) is 4.79 Å². The first kappa shape index (κ1) is 14.4. The molecule has 0 spiro atoms. The Bertz CT molecular complexity index is 691. The Balaban J connectivity index is 2.21. The average Bonchev–Trinajstić information content (AvgIpc) is 2.42. The van der Waals surface area contributed by atoms with Gasteiger partial charge in [-0.05, 0) is 30.3 Å². The second-order valence-electron chi connectivity index (χ2n) is 4.03. The number of nitrogens with one attached hydrogen (secondary N) is 1. The van der Waals surface area contributed by atoms with Crippen molar-refractivity contribution in [3.63, 3.8) is 0 Å². The minimum absolute atomic E-state index is 0.102. The van der Waals surface area contributed by atoms with Gasteiger partial charge in [0.15, 0.2) is 0 Å². The number of halogens is 2. The number of rotatable bonds is 3. The highest BCUT2D eigenvalue weighted by Gasteiger charge is 2.09. The first-order valence-corrected chi connectivity index (χ1v) is 6.42. The number of amides is 1. The Labute approximate surface area is 125 Å². The molecule has 0 heterocycles. The summed E-state index contributed by atoms with van der Waals surface area (Å²) in [5.74, 6) is -0.967. The summed E-state index contributed by atoms with van der Waals surface area (Å²) in [6.07, 6.45) is 0. The second kappa shape index (κ2) is 5.98. The zero-order valence-electron chi connectivity index (χ0n) is 10.2. The lowest BCUT2D eigenvalue weighted by atomic mass is 10.1. The molecular formula is C14H10ClFN2OS. The summed E-state index contributed by atoms with van der Waals surface area (Å²) in [4.78, 5) is 12.2. The number of carbonyl (C=O) groups excluding carboxylic acids is 1. The third-order valence-corrected chi connectivity index (χ3v) is 3.11. The number of anilines is 1. The van der Waals surface area contributed by atoms with E-state index in [0.717, 1.165) is 6.07 Å². The molecule has 2 aromatic rings. The lowest BCUT2D eigenvalue weighted by molar-refractivity contribution is 0.102. The molecule has 6 heteroatoms. The molecule has 102 valence electrons. The monoisotopic (exact) mass is 308 g/mol. The number of thiocarbonyl (C=S) groups is 1. The fourth-order valence-electron chi connectivity index (χ4n) is 1.59. The van der Waals surface area contributed by atoms with Crippen molar-refractivity contribution in [1.82, 2.24) is 0 Å². The highest BCUT2D eigenvalue weighted by atomic mass is 35.5. The van der Waals surface area contributed by atoms with E-state index in [1.807, 2.05) is 0 Å². The smallest absolute Gasteiger partial charge is 0.255 e. The van der Waals surface area contributed by atoms with E-state index < -0.39 is 11.7 Å². The van der Waals surface area contributed by atoms with E-state index in [2.05, 4.69) is 5.32 Å². The Morgan fingerprint density at radius 3 is 2.60 bits per heavy atom. The standard InChI is InChI=1S/C14H10ClFN2OS/c15-11-7-9(4-5-12(11)16)14(19)18-10-3-1-2-8(6-10)13(17)20/h1-7H,(H2,17,20)(H,18,19). The Morgan fingerprint density at radius 2 is 1.95 bits per heavy atom. The molecule has 1 amide bonds. The number of hydrogen-bond acceptors (Lipinski definition) is 2. The Kier molecular flexibility index (Phi) is 4.32. The Morgan fingerprint density at radius 1 is 1.20 bits per heavy atom. The van der Waals surface area contributed by atoms with E-state index in [1.54, 1.807) is 24.3 Å². The maximum atomic E-state index is 13.0. The number of hydrogen-bond donors (Lipinski definition) is 2. The van der Waals surface area contributed by atoms with Gasteiger partial charge in [0, 0.05) is 16.8 Å². The summed E-state index contributed by atoms with van der Waals surface area (Å²) in [5.41, 5.74) is 6.97. The SMILES string of the molecule is NC(=S)c1cccc(NC(=O)c2ccc(F)c(Cl)c2)c1. The number of nitrogens with two attached hydrogens (primary N) is 1. The lowest BCUT2D eigenvalue weighted by Gasteiger charge is -2.07. The molecule has 0 aliphatic heterocycles. The quantitative estimate of drug-likeness (QED) is 0.855. The first-order chi connectivity index (χ1) is 9.47. The van der Waals surface area contributed by atoms with Gasteiger partial charge in [0.25, 0.3) is 5.91 Å². The zero-order chi connectivity index (χ0) is 14.7.